The molecule has 0 aromatic heterocycles. The van der Waals surface area contributed by atoms with Crippen molar-refractivity contribution < 1.29 is 9.66 Å². The summed E-state index contributed by atoms with van der Waals surface area (Å²) in [5.41, 5.74) is 7.56. The second kappa shape index (κ2) is 5.49. The van der Waals surface area contributed by atoms with Crippen LogP contribution in [0.3, 0.4) is 0 Å². The van der Waals surface area contributed by atoms with E-state index in [9.17, 15) is 10.1 Å². The van der Waals surface area contributed by atoms with E-state index in [1.54, 1.807) is 24.3 Å². The molecule has 2 N–H and O–H groups in total. The summed E-state index contributed by atoms with van der Waals surface area (Å²) in [4.78, 5) is 10.4. The third-order valence-corrected chi connectivity index (χ3v) is 2.82. The van der Waals surface area contributed by atoms with E-state index >= 15 is 0 Å². The number of para-hydroxylation sites is 2. The fourth-order valence-electron chi connectivity index (χ4n) is 1.78. The van der Waals surface area contributed by atoms with Gasteiger partial charge in [0, 0.05) is 12.6 Å². The summed E-state index contributed by atoms with van der Waals surface area (Å²) in [5, 5.41) is 10.9. The Balaban J connectivity index is 2.31. The number of ether oxygens (including phenoxy) is 1. The number of hydrogen-bond donors (Lipinski definition) is 1. The minimum Gasteiger partial charge on any atom is -0.450 e. The normalized spacial score (nSPS) is 10.2. The second-order valence-corrected chi connectivity index (χ2v) is 4.12. The lowest BCUT2D eigenvalue weighted by molar-refractivity contribution is -0.385. The van der Waals surface area contributed by atoms with Crippen LogP contribution < -0.4 is 10.5 Å². The minimum absolute atomic E-state index is 0.0527. The van der Waals surface area contributed by atoms with Gasteiger partial charge < -0.3 is 10.5 Å². The molecule has 0 saturated heterocycles. The molecular weight excluding hydrogens is 244 g/mol. The van der Waals surface area contributed by atoms with Gasteiger partial charge in [0.15, 0.2) is 0 Å². The maximum absolute atomic E-state index is 10.9. The Kier molecular flexibility index (Phi) is 3.77. The monoisotopic (exact) mass is 258 g/mol. The molecule has 0 heterocycles. The zero-order valence-electron chi connectivity index (χ0n) is 10.5. The van der Waals surface area contributed by atoms with Gasteiger partial charge in [-0.25, -0.2) is 0 Å². The van der Waals surface area contributed by atoms with E-state index in [4.69, 9.17) is 10.5 Å². The van der Waals surface area contributed by atoms with Crippen LogP contribution in [0.25, 0.3) is 0 Å². The molecule has 0 spiro atoms. The van der Waals surface area contributed by atoms with Crippen molar-refractivity contribution in [3.05, 3.63) is 63.7 Å². The van der Waals surface area contributed by atoms with Gasteiger partial charge in [-0.05, 0) is 36.2 Å². The van der Waals surface area contributed by atoms with Crippen LogP contribution in [0.1, 0.15) is 11.1 Å². The number of hydrogen-bond acceptors (Lipinski definition) is 4. The summed E-state index contributed by atoms with van der Waals surface area (Å²) in [7, 11) is 0. The fourth-order valence-corrected chi connectivity index (χ4v) is 1.78. The van der Waals surface area contributed by atoms with Gasteiger partial charge in [-0.15, -0.1) is 0 Å². The summed E-state index contributed by atoms with van der Waals surface area (Å²) in [5.74, 6) is 0.788. The lowest BCUT2D eigenvalue weighted by atomic mass is 10.1. The Morgan fingerprint density at radius 2 is 2.00 bits per heavy atom. The predicted molar refractivity (Wildman–Crippen MR) is 72.2 cm³/mol. The standard InChI is InChI=1S/C14H14N2O3/c1-10-8-12(7-6-11(10)9-15)19-14-5-3-2-4-13(14)16(17)18/h2-8H,9,15H2,1H3. The molecule has 0 radical (unpaired) electrons. The first-order chi connectivity index (χ1) is 9.11. The molecule has 0 saturated carbocycles. The first-order valence-electron chi connectivity index (χ1n) is 5.82. The summed E-state index contributed by atoms with van der Waals surface area (Å²) in [6.07, 6.45) is 0. The molecule has 0 aliphatic rings. The lowest BCUT2D eigenvalue weighted by Gasteiger charge is -2.09. The Morgan fingerprint density at radius 1 is 1.26 bits per heavy atom. The fraction of sp³-hybridized carbons (Fsp3) is 0.143. The number of nitro groups is 1. The number of benzene rings is 2. The molecule has 0 fully saturated rings. The molecular formula is C14H14N2O3. The van der Waals surface area contributed by atoms with Crippen LogP contribution in [0.15, 0.2) is 42.5 Å². The zero-order valence-corrected chi connectivity index (χ0v) is 10.5. The van der Waals surface area contributed by atoms with Gasteiger partial charge in [-0.3, -0.25) is 10.1 Å². The van der Waals surface area contributed by atoms with E-state index in [2.05, 4.69) is 0 Å². The number of nitro benzene ring substituents is 1. The quantitative estimate of drug-likeness (QED) is 0.675. The van der Waals surface area contributed by atoms with E-state index in [-0.39, 0.29) is 11.4 Å². The Morgan fingerprint density at radius 3 is 2.63 bits per heavy atom. The molecule has 2 aromatic rings. The smallest absolute Gasteiger partial charge is 0.311 e. The maximum atomic E-state index is 10.9. The van der Waals surface area contributed by atoms with E-state index < -0.39 is 4.92 Å². The van der Waals surface area contributed by atoms with Crippen molar-refractivity contribution in [1.29, 1.82) is 0 Å². The zero-order chi connectivity index (χ0) is 13.8. The van der Waals surface area contributed by atoms with Gasteiger partial charge >= 0.3 is 5.69 Å². The SMILES string of the molecule is Cc1cc(Oc2ccccc2[N+](=O)[O-])ccc1CN. The summed E-state index contributed by atoms with van der Waals surface area (Å²) in [6, 6.07) is 11.7. The van der Waals surface area contributed by atoms with Gasteiger partial charge in [0.05, 0.1) is 4.92 Å². The molecule has 0 unspecified atom stereocenters. The van der Waals surface area contributed by atoms with Crippen molar-refractivity contribution in [2.75, 3.05) is 0 Å². The summed E-state index contributed by atoms with van der Waals surface area (Å²) >= 11 is 0. The average molecular weight is 258 g/mol. The molecule has 19 heavy (non-hydrogen) atoms. The number of nitrogens with two attached hydrogens (primary N) is 1. The van der Waals surface area contributed by atoms with Gasteiger partial charge in [-0.1, -0.05) is 18.2 Å². The van der Waals surface area contributed by atoms with Crippen molar-refractivity contribution >= 4 is 5.69 Å². The van der Waals surface area contributed by atoms with Crippen LogP contribution in [0.4, 0.5) is 5.69 Å². The van der Waals surface area contributed by atoms with E-state index in [0.29, 0.717) is 12.3 Å². The maximum Gasteiger partial charge on any atom is 0.311 e. The lowest BCUT2D eigenvalue weighted by Crippen LogP contribution is -1.99. The highest BCUT2D eigenvalue weighted by atomic mass is 16.6. The molecule has 0 bridgehead atoms. The van der Waals surface area contributed by atoms with Gasteiger partial charge in [-0.2, -0.15) is 0 Å². The summed E-state index contributed by atoms with van der Waals surface area (Å²) in [6.45, 7) is 2.38. The molecule has 5 nitrogen and oxygen atoms in total. The topological polar surface area (TPSA) is 78.4 Å². The number of aryl methyl sites for hydroxylation is 1. The van der Waals surface area contributed by atoms with Crippen molar-refractivity contribution in [2.24, 2.45) is 5.73 Å². The second-order valence-electron chi connectivity index (χ2n) is 4.12. The first-order valence-corrected chi connectivity index (χ1v) is 5.82. The van der Waals surface area contributed by atoms with Crippen LogP contribution >= 0.6 is 0 Å². The Bertz CT molecular complexity index is 611. The van der Waals surface area contributed by atoms with Crippen molar-refractivity contribution in [3.8, 4) is 11.5 Å². The van der Waals surface area contributed by atoms with Crippen LogP contribution in [-0.2, 0) is 6.54 Å². The Hall–Kier alpha value is -2.40. The average Bonchev–Trinajstić information content (AvgIpc) is 2.39. The predicted octanol–water partition coefficient (Wildman–Crippen LogP) is 3.15. The van der Waals surface area contributed by atoms with Crippen molar-refractivity contribution in [2.45, 2.75) is 13.5 Å². The van der Waals surface area contributed by atoms with E-state index in [1.165, 1.54) is 6.07 Å². The molecule has 0 amide bonds. The molecule has 0 aliphatic carbocycles. The minimum atomic E-state index is -0.462. The number of nitrogens with zero attached hydrogens (tertiary/aromatic N) is 1. The highest BCUT2D eigenvalue weighted by molar-refractivity contribution is 5.48. The molecule has 0 aliphatic heterocycles. The highest BCUT2D eigenvalue weighted by Gasteiger charge is 2.14. The van der Waals surface area contributed by atoms with Crippen LogP contribution in [0.5, 0.6) is 11.5 Å². The summed E-state index contributed by atoms with van der Waals surface area (Å²) < 4.78 is 5.57. The third-order valence-electron chi connectivity index (χ3n) is 2.82. The molecule has 2 rings (SSSR count). The van der Waals surface area contributed by atoms with Crippen LogP contribution in [-0.4, -0.2) is 4.92 Å². The molecule has 98 valence electrons. The van der Waals surface area contributed by atoms with Crippen molar-refractivity contribution in [1.82, 2.24) is 0 Å². The molecule has 5 heteroatoms. The first kappa shape index (κ1) is 13.0. The van der Waals surface area contributed by atoms with Crippen molar-refractivity contribution in [3.63, 3.8) is 0 Å². The van der Waals surface area contributed by atoms with Gasteiger partial charge in [0.1, 0.15) is 5.75 Å². The van der Waals surface area contributed by atoms with Crippen LogP contribution in [0.2, 0.25) is 0 Å². The highest BCUT2D eigenvalue weighted by Crippen LogP contribution is 2.31. The van der Waals surface area contributed by atoms with E-state index in [0.717, 1.165) is 11.1 Å². The van der Waals surface area contributed by atoms with Gasteiger partial charge in [0.25, 0.3) is 0 Å². The van der Waals surface area contributed by atoms with Gasteiger partial charge in [0.2, 0.25) is 5.75 Å². The molecule has 0 atom stereocenters. The number of rotatable bonds is 4. The van der Waals surface area contributed by atoms with Crippen LogP contribution in [0, 0.1) is 17.0 Å². The third kappa shape index (κ3) is 2.89. The molecule has 2 aromatic carbocycles. The van der Waals surface area contributed by atoms with E-state index in [1.807, 2.05) is 19.1 Å². The Labute approximate surface area is 110 Å². The largest absolute Gasteiger partial charge is 0.450 e.